The molecule has 44 heavy (non-hydrogen) atoms. The van der Waals surface area contributed by atoms with Crippen LogP contribution in [0, 0.1) is 23.3 Å². The Morgan fingerprint density at radius 2 is 1.50 bits per heavy atom. The highest BCUT2D eigenvalue weighted by atomic mass is 19.2. The molecular formula is C33H27F4N3O4. The fourth-order valence-electron chi connectivity index (χ4n) is 5.09. The molecule has 1 aliphatic rings. The van der Waals surface area contributed by atoms with Gasteiger partial charge in [-0.15, -0.1) is 0 Å². The van der Waals surface area contributed by atoms with Gasteiger partial charge < -0.3 is 19.5 Å². The van der Waals surface area contributed by atoms with Crippen LogP contribution >= 0.6 is 0 Å². The molecule has 1 aromatic heterocycles. The number of para-hydroxylation sites is 1. The minimum atomic E-state index is -1.41. The van der Waals surface area contributed by atoms with Crippen LogP contribution in [0.25, 0.3) is 5.76 Å². The minimum Gasteiger partial charge on any atom is -0.507 e. The van der Waals surface area contributed by atoms with Gasteiger partial charge in [0.15, 0.2) is 11.6 Å². The number of amides is 1. The molecule has 1 aliphatic heterocycles. The number of hydrogen-bond donors (Lipinski definition) is 1. The second-order valence-electron chi connectivity index (χ2n) is 10.3. The van der Waals surface area contributed by atoms with Crippen molar-refractivity contribution in [1.82, 2.24) is 9.47 Å². The fraction of sp³-hybridized carbons (Fsp3) is 0.182. The number of carbonyl (C=O) groups is 2. The van der Waals surface area contributed by atoms with Gasteiger partial charge in [0, 0.05) is 62.2 Å². The van der Waals surface area contributed by atoms with Crippen molar-refractivity contribution in [2.75, 3.05) is 31.1 Å². The van der Waals surface area contributed by atoms with Crippen LogP contribution in [0.2, 0.25) is 0 Å². The number of halogens is 4. The van der Waals surface area contributed by atoms with Crippen molar-refractivity contribution in [2.24, 2.45) is 0 Å². The molecular weight excluding hydrogens is 578 g/mol. The third-order valence-electron chi connectivity index (χ3n) is 7.35. The van der Waals surface area contributed by atoms with Crippen LogP contribution in [0.3, 0.4) is 0 Å². The number of nitrogens with zero attached hydrogens (tertiary/aromatic N) is 3. The highest BCUT2D eigenvalue weighted by Gasteiger charge is 2.26. The first kappa shape index (κ1) is 30.3. The van der Waals surface area contributed by atoms with E-state index >= 15 is 0 Å². The predicted molar refractivity (Wildman–Crippen MR) is 156 cm³/mol. The lowest BCUT2D eigenvalue weighted by Gasteiger charge is -2.35. The van der Waals surface area contributed by atoms with Gasteiger partial charge in [-0.3, -0.25) is 14.4 Å². The second-order valence-corrected chi connectivity index (χ2v) is 10.3. The van der Waals surface area contributed by atoms with E-state index in [0.29, 0.717) is 25.2 Å². The summed E-state index contributed by atoms with van der Waals surface area (Å²) in [7, 11) is 0. The standard InChI is InChI=1S/C33H27F4N3O4/c34-24-16-23(31(37)28(36)17-24)14-21-15-26(32(43)40(19-21)20-22-6-4-5-9-27(22)35)29(41)18-30(42)33(44)39-12-10-38(11-13-39)25-7-2-1-3-8-25/h1-9,15-19,41H,10-14,20H2. The first-order chi connectivity index (χ1) is 21.1. The lowest BCUT2D eigenvalue weighted by atomic mass is 10.0. The van der Waals surface area contributed by atoms with Crippen molar-refractivity contribution in [3.8, 4) is 0 Å². The number of anilines is 1. The van der Waals surface area contributed by atoms with Gasteiger partial charge in [-0.25, -0.2) is 17.6 Å². The third kappa shape index (κ3) is 6.72. The average Bonchev–Trinajstić information content (AvgIpc) is 3.02. The fourth-order valence-corrected chi connectivity index (χ4v) is 5.09. The van der Waals surface area contributed by atoms with E-state index in [-0.39, 0.29) is 36.3 Å². The van der Waals surface area contributed by atoms with Gasteiger partial charge in [0.1, 0.15) is 17.4 Å². The van der Waals surface area contributed by atoms with Gasteiger partial charge >= 0.3 is 0 Å². The van der Waals surface area contributed by atoms with E-state index in [9.17, 15) is 37.1 Å². The van der Waals surface area contributed by atoms with Crippen molar-refractivity contribution in [3.05, 3.63) is 141 Å². The normalized spacial score (nSPS) is 13.7. The maximum atomic E-state index is 14.5. The largest absolute Gasteiger partial charge is 0.507 e. The third-order valence-corrected chi connectivity index (χ3v) is 7.35. The van der Waals surface area contributed by atoms with Gasteiger partial charge in [0.05, 0.1) is 12.1 Å². The topological polar surface area (TPSA) is 82.8 Å². The van der Waals surface area contributed by atoms with Gasteiger partial charge in [-0.05, 0) is 41.5 Å². The van der Waals surface area contributed by atoms with Crippen molar-refractivity contribution in [3.63, 3.8) is 0 Å². The Morgan fingerprint density at radius 3 is 2.20 bits per heavy atom. The smallest absolute Gasteiger partial charge is 0.294 e. The van der Waals surface area contributed by atoms with E-state index < -0.39 is 58.3 Å². The van der Waals surface area contributed by atoms with Crippen LogP contribution in [-0.2, 0) is 22.6 Å². The molecule has 0 bridgehead atoms. The summed E-state index contributed by atoms with van der Waals surface area (Å²) in [5, 5.41) is 10.9. The molecule has 11 heteroatoms. The number of ketones is 1. The molecule has 1 saturated heterocycles. The van der Waals surface area contributed by atoms with Crippen molar-refractivity contribution < 1.29 is 32.3 Å². The van der Waals surface area contributed by atoms with E-state index in [1.807, 2.05) is 30.3 Å². The zero-order valence-corrected chi connectivity index (χ0v) is 23.4. The zero-order valence-electron chi connectivity index (χ0n) is 23.4. The minimum absolute atomic E-state index is 0.116. The second kappa shape index (κ2) is 13.0. The summed E-state index contributed by atoms with van der Waals surface area (Å²) < 4.78 is 57.6. The molecule has 0 saturated carbocycles. The number of rotatable bonds is 8. The van der Waals surface area contributed by atoms with Crippen LogP contribution in [0.15, 0.2) is 89.9 Å². The number of pyridine rings is 1. The van der Waals surface area contributed by atoms with E-state index in [4.69, 9.17) is 0 Å². The van der Waals surface area contributed by atoms with Gasteiger partial charge in [-0.1, -0.05) is 36.4 Å². The number of hydrogen-bond acceptors (Lipinski definition) is 5. The molecule has 2 heterocycles. The summed E-state index contributed by atoms with van der Waals surface area (Å²) in [5.74, 6) is -7.12. The molecule has 3 aromatic carbocycles. The van der Waals surface area contributed by atoms with E-state index in [1.54, 1.807) is 6.07 Å². The van der Waals surface area contributed by atoms with Crippen LogP contribution in [0.5, 0.6) is 0 Å². The molecule has 1 N–H and O–H groups in total. The van der Waals surface area contributed by atoms with Crippen molar-refractivity contribution in [2.45, 2.75) is 13.0 Å². The molecule has 4 aromatic rings. The molecule has 0 spiro atoms. The lowest BCUT2D eigenvalue weighted by molar-refractivity contribution is -0.142. The summed E-state index contributed by atoms with van der Waals surface area (Å²) >= 11 is 0. The average molecular weight is 606 g/mol. The SMILES string of the molecule is O=C(C=C(O)c1cc(Cc2cc(F)cc(F)c2F)cn(Cc2ccccc2F)c1=O)C(=O)N1CCN(c2ccccc2)CC1. The Hall–Kier alpha value is -5.19. The van der Waals surface area contributed by atoms with E-state index in [0.717, 1.165) is 22.4 Å². The van der Waals surface area contributed by atoms with E-state index in [1.165, 1.54) is 29.3 Å². The number of piperazine rings is 1. The lowest BCUT2D eigenvalue weighted by Crippen LogP contribution is -2.50. The molecule has 0 atom stereocenters. The van der Waals surface area contributed by atoms with Crippen molar-refractivity contribution >= 4 is 23.1 Å². The molecule has 226 valence electrons. The molecule has 0 unspecified atom stereocenters. The maximum absolute atomic E-state index is 14.5. The molecule has 0 aliphatic carbocycles. The highest BCUT2D eigenvalue weighted by molar-refractivity contribution is 6.41. The summed E-state index contributed by atoms with van der Waals surface area (Å²) in [5.41, 5.74) is -0.426. The van der Waals surface area contributed by atoms with Crippen LogP contribution in [0.1, 0.15) is 22.3 Å². The number of carbonyl (C=O) groups excluding carboxylic acids is 2. The van der Waals surface area contributed by atoms with Crippen LogP contribution in [-0.4, -0.2) is 52.4 Å². The first-order valence-electron chi connectivity index (χ1n) is 13.7. The predicted octanol–water partition coefficient (Wildman–Crippen LogP) is 4.86. The molecule has 7 nitrogen and oxygen atoms in total. The summed E-state index contributed by atoms with van der Waals surface area (Å²) in [6.45, 7) is 1.18. The molecule has 1 amide bonds. The molecule has 0 radical (unpaired) electrons. The first-order valence-corrected chi connectivity index (χ1v) is 13.7. The quantitative estimate of drug-likeness (QED) is 0.102. The Morgan fingerprint density at radius 1 is 0.818 bits per heavy atom. The molecule has 5 rings (SSSR count). The zero-order chi connectivity index (χ0) is 31.4. The Bertz CT molecular complexity index is 1800. The Balaban J connectivity index is 1.42. The summed E-state index contributed by atoms with van der Waals surface area (Å²) in [6.07, 6.45) is 1.46. The Kier molecular flexibility index (Phi) is 8.94. The summed E-state index contributed by atoms with van der Waals surface area (Å²) in [6, 6.07) is 17.5. The maximum Gasteiger partial charge on any atom is 0.294 e. The van der Waals surface area contributed by atoms with Gasteiger partial charge in [-0.2, -0.15) is 0 Å². The molecule has 1 fully saturated rings. The number of aromatic nitrogens is 1. The van der Waals surface area contributed by atoms with Crippen LogP contribution < -0.4 is 10.5 Å². The highest BCUT2D eigenvalue weighted by Crippen LogP contribution is 2.21. The number of benzene rings is 3. The van der Waals surface area contributed by atoms with Gasteiger partial charge in [0.25, 0.3) is 11.5 Å². The number of aliphatic hydroxyl groups excluding tert-OH is 1. The number of aliphatic hydroxyl groups is 1. The van der Waals surface area contributed by atoms with E-state index in [2.05, 4.69) is 4.90 Å². The summed E-state index contributed by atoms with van der Waals surface area (Å²) in [4.78, 5) is 42.6. The van der Waals surface area contributed by atoms with Gasteiger partial charge in [0.2, 0.25) is 5.78 Å². The monoisotopic (exact) mass is 605 g/mol. The Labute approximate surface area is 249 Å². The van der Waals surface area contributed by atoms with Crippen LogP contribution in [0.4, 0.5) is 23.2 Å². The van der Waals surface area contributed by atoms with Crippen molar-refractivity contribution in [1.29, 1.82) is 0 Å².